The summed E-state index contributed by atoms with van der Waals surface area (Å²) in [5, 5.41) is 0.431. The van der Waals surface area contributed by atoms with E-state index in [0.29, 0.717) is 34.0 Å². The zero-order chi connectivity index (χ0) is 26.1. The van der Waals surface area contributed by atoms with Crippen molar-refractivity contribution in [1.82, 2.24) is 15.2 Å². The lowest BCUT2D eigenvalue weighted by Gasteiger charge is -2.37. The maximum Gasteiger partial charge on any atom is 0.426 e. The quantitative estimate of drug-likeness (QED) is 0.568. The zero-order valence-electron chi connectivity index (χ0n) is 20.7. The third kappa shape index (κ3) is 6.20. The highest BCUT2D eigenvalue weighted by Crippen LogP contribution is 2.35. The highest BCUT2D eigenvalue weighted by molar-refractivity contribution is 7.82. The Morgan fingerprint density at radius 3 is 2.51 bits per heavy atom. The van der Waals surface area contributed by atoms with Crippen LogP contribution in [0.5, 0.6) is 0 Å². The Hall–Kier alpha value is -2.49. The molecule has 2 aromatic carbocycles. The third-order valence-corrected chi connectivity index (χ3v) is 7.79. The van der Waals surface area contributed by atoms with Crippen molar-refractivity contribution in [2.75, 3.05) is 6.54 Å². The Labute approximate surface area is 212 Å². The molecule has 0 aliphatic carbocycles. The number of carbonyl (C=O) groups is 2. The van der Waals surface area contributed by atoms with E-state index in [1.165, 1.54) is 10.4 Å². The van der Waals surface area contributed by atoms with Crippen molar-refractivity contribution in [1.29, 1.82) is 0 Å². The predicted octanol–water partition coefficient (Wildman–Crippen LogP) is 4.70. The van der Waals surface area contributed by atoms with Crippen LogP contribution in [0.15, 0.2) is 35.2 Å². The molecule has 0 aromatic heterocycles. The number of benzene rings is 2. The molecule has 35 heavy (non-hydrogen) atoms. The van der Waals surface area contributed by atoms with Gasteiger partial charge in [-0.2, -0.15) is 0 Å². The summed E-state index contributed by atoms with van der Waals surface area (Å²) in [6.07, 6.45) is -0.309. The van der Waals surface area contributed by atoms with Gasteiger partial charge in [0, 0.05) is 17.5 Å². The number of ether oxygens (including phenoxy) is 1. The summed E-state index contributed by atoms with van der Waals surface area (Å²) in [6.45, 7) is 10.8. The van der Waals surface area contributed by atoms with Crippen LogP contribution in [-0.4, -0.2) is 38.7 Å². The minimum atomic E-state index is -1.74. The minimum Gasteiger partial charge on any atom is -0.443 e. The maximum atomic E-state index is 15.0. The predicted molar refractivity (Wildman–Crippen MR) is 134 cm³/mol. The Kier molecular flexibility index (Phi) is 8.24. The first kappa shape index (κ1) is 27.1. The van der Waals surface area contributed by atoms with Crippen LogP contribution in [0.2, 0.25) is 5.02 Å². The van der Waals surface area contributed by atoms with E-state index in [1.807, 2.05) is 13.0 Å². The van der Waals surface area contributed by atoms with E-state index < -0.39 is 46.4 Å². The first-order valence-corrected chi connectivity index (χ1v) is 12.8. The molecule has 2 aromatic rings. The standard InChI is InChI=1S/C25H31ClFN3O4S/c1-14-7-10-19(27)21(15(14)2)16(3)22(23(31)28-29-24(32)34-25(4,5)6)30-12-11-17-8-9-18(26)13-20(17)35(30)33/h7-10,13,16,22H,11-12H2,1-6H3,(H,28,31)(H,29,32). The number of aryl methyl sites for hydroxylation is 1. The second-order valence-corrected chi connectivity index (χ2v) is 11.5. The van der Waals surface area contributed by atoms with Gasteiger partial charge in [0.05, 0.1) is 4.90 Å². The van der Waals surface area contributed by atoms with Gasteiger partial charge in [-0.3, -0.25) is 10.2 Å². The lowest BCUT2D eigenvalue weighted by molar-refractivity contribution is -0.126. The van der Waals surface area contributed by atoms with Crippen LogP contribution in [0, 0.1) is 19.7 Å². The van der Waals surface area contributed by atoms with Crippen LogP contribution >= 0.6 is 11.6 Å². The van der Waals surface area contributed by atoms with Gasteiger partial charge >= 0.3 is 6.09 Å². The molecule has 0 saturated heterocycles. The number of hydrogen-bond acceptors (Lipinski definition) is 4. The van der Waals surface area contributed by atoms with Gasteiger partial charge in [0.25, 0.3) is 5.91 Å². The monoisotopic (exact) mass is 523 g/mol. The lowest BCUT2D eigenvalue weighted by Crippen LogP contribution is -2.56. The van der Waals surface area contributed by atoms with Crippen LogP contribution in [-0.2, 0) is 26.9 Å². The third-order valence-electron chi connectivity index (χ3n) is 5.96. The van der Waals surface area contributed by atoms with Gasteiger partial charge in [-0.15, -0.1) is 0 Å². The van der Waals surface area contributed by atoms with Crippen LogP contribution in [0.3, 0.4) is 0 Å². The van der Waals surface area contributed by atoms with E-state index in [9.17, 15) is 13.8 Å². The van der Waals surface area contributed by atoms with Crippen LogP contribution < -0.4 is 10.9 Å². The molecule has 2 amide bonds. The summed E-state index contributed by atoms with van der Waals surface area (Å²) in [6, 6.07) is 7.15. The number of carbonyl (C=O) groups excluding carboxylic acids is 2. The number of hydrazine groups is 1. The van der Waals surface area contributed by atoms with Crippen molar-refractivity contribution >= 4 is 34.6 Å². The van der Waals surface area contributed by atoms with Gasteiger partial charge in [-0.1, -0.05) is 30.7 Å². The number of hydrogen-bond donors (Lipinski definition) is 2. The molecule has 1 heterocycles. The average molecular weight is 524 g/mol. The van der Waals surface area contributed by atoms with Gasteiger partial charge in [0.2, 0.25) is 0 Å². The smallest absolute Gasteiger partial charge is 0.426 e. The van der Waals surface area contributed by atoms with E-state index in [4.69, 9.17) is 16.3 Å². The molecule has 0 radical (unpaired) electrons. The van der Waals surface area contributed by atoms with E-state index >= 15 is 4.39 Å². The highest BCUT2D eigenvalue weighted by Gasteiger charge is 2.40. The molecule has 0 fully saturated rings. The molecule has 0 saturated carbocycles. The average Bonchev–Trinajstić information content (AvgIpc) is 2.76. The molecule has 0 spiro atoms. The molecule has 3 atom stereocenters. The Bertz CT molecular complexity index is 1170. The number of nitrogens with zero attached hydrogens (tertiary/aromatic N) is 1. The molecule has 10 heteroatoms. The van der Waals surface area contributed by atoms with Crippen molar-refractivity contribution in [3.8, 4) is 0 Å². The summed E-state index contributed by atoms with van der Waals surface area (Å²) in [4.78, 5) is 26.1. The second-order valence-electron chi connectivity index (χ2n) is 9.64. The molecule has 3 unspecified atom stereocenters. The lowest BCUT2D eigenvalue weighted by atomic mass is 9.87. The van der Waals surface area contributed by atoms with E-state index in [2.05, 4.69) is 10.9 Å². The summed E-state index contributed by atoms with van der Waals surface area (Å²) >= 11 is 6.14. The molecule has 1 aliphatic rings. The fraction of sp³-hybridized carbons (Fsp3) is 0.440. The van der Waals surface area contributed by atoms with Crippen LogP contribution in [0.25, 0.3) is 0 Å². The van der Waals surface area contributed by atoms with Gasteiger partial charge in [-0.25, -0.2) is 23.1 Å². The normalized spacial score (nSPS) is 17.8. The fourth-order valence-electron chi connectivity index (χ4n) is 4.20. The molecular formula is C25H31ClFN3O4S. The molecule has 1 aliphatic heterocycles. The topological polar surface area (TPSA) is 87.7 Å². The Morgan fingerprint density at radius 1 is 1.17 bits per heavy atom. The zero-order valence-corrected chi connectivity index (χ0v) is 22.3. The van der Waals surface area contributed by atoms with Crippen molar-refractivity contribution in [2.24, 2.45) is 0 Å². The Balaban J connectivity index is 1.98. The van der Waals surface area contributed by atoms with Gasteiger partial charge in [0.1, 0.15) is 28.4 Å². The van der Waals surface area contributed by atoms with E-state index in [-0.39, 0.29) is 0 Å². The van der Waals surface area contributed by atoms with E-state index in [1.54, 1.807) is 52.8 Å². The first-order chi connectivity index (χ1) is 16.3. The van der Waals surface area contributed by atoms with Crippen molar-refractivity contribution in [3.63, 3.8) is 0 Å². The van der Waals surface area contributed by atoms with Gasteiger partial charge in [-0.05, 0) is 81.5 Å². The van der Waals surface area contributed by atoms with Crippen molar-refractivity contribution in [2.45, 2.75) is 70.4 Å². The summed E-state index contributed by atoms with van der Waals surface area (Å²) in [5.41, 5.74) is 6.67. The largest absolute Gasteiger partial charge is 0.443 e. The molecule has 3 rings (SSSR count). The summed E-state index contributed by atoms with van der Waals surface area (Å²) < 4.78 is 35.3. The fourth-order valence-corrected chi connectivity index (χ4v) is 6.05. The SMILES string of the molecule is Cc1ccc(F)c(C(C)C(C(=O)NNC(=O)OC(C)(C)C)N2CCc3ccc(Cl)cc3S2=O)c1C. The number of fused-ring (bicyclic) bond motifs is 1. The van der Waals surface area contributed by atoms with Crippen LogP contribution in [0.4, 0.5) is 9.18 Å². The van der Waals surface area contributed by atoms with Crippen molar-refractivity contribution < 1.29 is 22.9 Å². The summed E-state index contributed by atoms with van der Waals surface area (Å²) in [5.74, 6) is -1.78. The van der Waals surface area contributed by atoms with Gasteiger partial charge in [0.15, 0.2) is 0 Å². The number of rotatable bonds is 4. The molecular weight excluding hydrogens is 493 g/mol. The van der Waals surface area contributed by atoms with Gasteiger partial charge < -0.3 is 4.74 Å². The van der Waals surface area contributed by atoms with Crippen molar-refractivity contribution in [3.05, 3.63) is 63.4 Å². The number of nitrogens with one attached hydrogen (secondary N) is 2. The van der Waals surface area contributed by atoms with E-state index in [0.717, 1.165) is 11.1 Å². The molecule has 7 nitrogen and oxygen atoms in total. The minimum absolute atomic E-state index is 0.294. The highest BCUT2D eigenvalue weighted by atomic mass is 35.5. The van der Waals surface area contributed by atoms with Crippen LogP contribution in [0.1, 0.15) is 55.9 Å². The number of halogens is 2. The molecule has 190 valence electrons. The molecule has 2 N–H and O–H groups in total. The Morgan fingerprint density at radius 2 is 1.86 bits per heavy atom. The first-order valence-electron chi connectivity index (χ1n) is 11.3. The number of amides is 2. The second kappa shape index (κ2) is 10.6. The maximum absolute atomic E-state index is 15.0. The molecule has 0 bridgehead atoms. The summed E-state index contributed by atoms with van der Waals surface area (Å²) in [7, 11) is -1.74.